The van der Waals surface area contributed by atoms with Crippen molar-refractivity contribution in [1.29, 1.82) is 0 Å². The molecule has 0 radical (unpaired) electrons. The lowest BCUT2D eigenvalue weighted by Crippen LogP contribution is -2.15. The zero-order chi connectivity index (χ0) is 13.1. The van der Waals surface area contributed by atoms with Crippen LogP contribution in [0.1, 0.15) is 17.1 Å². The van der Waals surface area contributed by atoms with Crippen LogP contribution < -0.4 is 11.3 Å². The zero-order valence-corrected chi connectivity index (χ0v) is 10.2. The first-order valence-electron chi connectivity index (χ1n) is 5.32. The highest BCUT2D eigenvalue weighted by atomic mass is 35.5. The molecule has 6 heteroatoms. The maximum Gasteiger partial charge on any atom is 0.251 e. The van der Waals surface area contributed by atoms with E-state index in [9.17, 15) is 9.18 Å². The lowest BCUT2D eigenvalue weighted by Gasteiger charge is -2.05. The Labute approximate surface area is 108 Å². The molecule has 1 aromatic carbocycles. The molecule has 0 unspecified atom stereocenters. The summed E-state index contributed by atoms with van der Waals surface area (Å²) in [6, 6.07) is 6.02. The van der Waals surface area contributed by atoms with Crippen LogP contribution in [-0.2, 0) is 13.0 Å². The van der Waals surface area contributed by atoms with Crippen molar-refractivity contribution in [2.45, 2.75) is 13.0 Å². The number of rotatable bonds is 3. The van der Waals surface area contributed by atoms with Gasteiger partial charge in [-0.2, -0.15) is 0 Å². The van der Waals surface area contributed by atoms with E-state index in [2.05, 4.69) is 9.97 Å². The summed E-state index contributed by atoms with van der Waals surface area (Å²) in [5.74, 6) is -0.135. The molecule has 0 amide bonds. The molecule has 0 aliphatic rings. The zero-order valence-electron chi connectivity index (χ0n) is 9.41. The van der Waals surface area contributed by atoms with Gasteiger partial charge in [0.15, 0.2) is 0 Å². The van der Waals surface area contributed by atoms with Crippen molar-refractivity contribution in [2.75, 3.05) is 0 Å². The molecule has 0 aliphatic heterocycles. The van der Waals surface area contributed by atoms with Crippen molar-refractivity contribution in [3.05, 3.63) is 62.5 Å². The fourth-order valence-electron chi connectivity index (χ4n) is 1.62. The van der Waals surface area contributed by atoms with Crippen LogP contribution in [0.3, 0.4) is 0 Å². The normalized spacial score (nSPS) is 10.6. The van der Waals surface area contributed by atoms with Gasteiger partial charge in [-0.3, -0.25) is 4.79 Å². The van der Waals surface area contributed by atoms with Crippen LogP contribution in [0.5, 0.6) is 0 Å². The summed E-state index contributed by atoms with van der Waals surface area (Å²) in [5, 5.41) is 0.0461. The number of aromatic amines is 1. The second kappa shape index (κ2) is 5.29. The van der Waals surface area contributed by atoms with E-state index in [-0.39, 0.29) is 23.5 Å². The maximum atomic E-state index is 13.7. The van der Waals surface area contributed by atoms with Gasteiger partial charge in [-0.25, -0.2) is 9.37 Å². The van der Waals surface area contributed by atoms with Gasteiger partial charge in [0.2, 0.25) is 0 Å². The predicted molar refractivity (Wildman–Crippen MR) is 67.0 cm³/mol. The fourth-order valence-corrected chi connectivity index (χ4v) is 1.81. The van der Waals surface area contributed by atoms with Crippen LogP contribution in [-0.4, -0.2) is 9.97 Å². The van der Waals surface area contributed by atoms with Gasteiger partial charge in [0, 0.05) is 19.0 Å². The molecule has 4 nitrogen and oxygen atoms in total. The highest BCUT2D eigenvalue weighted by Crippen LogP contribution is 2.19. The number of halogens is 2. The number of aromatic nitrogens is 2. The van der Waals surface area contributed by atoms with E-state index < -0.39 is 5.82 Å². The second-order valence-corrected chi connectivity index (χ2v) is 4.18. The van der Waals surface area contributed by atoms with Gasteiger partial charge in [0.1, 0.15) is 11.6 Å². The smallest absolute Gasteiger partial charge is 0.251 e. The van der Waals surface area contributed by atoms with Gasteiger partial charge in [-0.15, -0.1) is 0 Å². The van der Waals surface area contributed by atoms with Crippen LogP contribution in [0, 0.1) is 5.82 Å². The molecule has 2 aromatic rings. The van der Waals surface area contributed by atoms with Crippen LogP contribution in [0.15, 0.2) is 29.1 Å². The van der Waals surface area contributed by atoms with Crippen molar-refractivity contribution >= 4 is 11.6 Å². The monoisotopic (exact) mass is 267 g/mol. The second-order valence-electron chi connectivity index (χ2n) is 3.78. The summed E-state index contributed by atoms with van der Waals surface area (Å²) in [6.45, 7) is 0.162. The Bertz CT molecular complexity index is 627. The molecule has 0 atom stereocenters. The lowest BCUT2D eigenvalue weighted by atomic mass is 10.1. The standard InChI is InChI=1S/C12H11ClFN3O/c13-9-3-1-2-7(12(9)14)4-10-16-8(6-15)5-11(18)17-10/h1-3,5H,4,6,15H2,(H,16,17,18). The third-order valence-electron chi connectivity index (χ3n) is 2.44. The minimum absolute atomic E-state index is 0.0461. The summed E-state index contributed by atoms with van der Waals surface area (Å²) in [4.78, 5) is 18.0. The molecule has 94 valence electrons. The molecule has 0 spiro atoms. The molecule has 0 saturated carbocycles. The Morgan fingerprint density at radius 2 is 2.22 bits per heavy atom. The van der Waals surface area contributed by atoms with Crippen LogP contribution in [0.25, 0.3) is 0 Å². The quantitative estimate of drug-likeness (QED) is 0.887. The van der Waals surface area contributed by atoms with E-state index in [4.69, 9.17) is 17.3 Å². The van der Waals surface area contributed by atoms with E-state index in [0.29, 0.717) is 17.1 Å². The molecule has 0 saturated heterocycles. The minimum atomic E-state index is -0.500. The Morgan fingerprint density at radius 1 is 1.44 bits per heavy atom. The van der Waals surface area contributed by atoms with Crippen molar-refractivity contribution in [3.8, 4) is 0 Å². The summed E-state index contributed by atoms with van der Waals surface area (Å²) in [6.07, 6.45) is 0.162. The van der Waals surface area contributed by atoms with Crippen LogP contribution >= 0.6 is 11.6 Å². The lowest BCUT2D eigenvalue weighted by molar-refractivity contribution is 0.612. The molecule has 18 heavy (non-hydrogen) atoms. The molecule has 3 N–H and O–H groups in total. The fraction of sp³-hybridized carbons (Fsp3) is 0.167. The molecule has 0 fully saturated rings. The first-order valence-corrected chi connectivity index (χ1v) is 5.70. The van der Waals surface area contributed by atoms with Crippen molar-refractivity contribution in [3.63, 3.8) is 0 Å². The Balaban J connectivity index is 2.37. The van der Waals surface area contributed by atoms with Crippen molar-refractivity contribution in [1.82, 2.24) is 9.97 Å². The Kier molecular flexibility index (Phi) is 3.74. The summed E-state index contributed by atoms with van der Waals surface area (Å²) < 4.78 is 13.7. The van der Waals surface area contributed by atoms with Crippen LogP contribution in [0.2, 0.25) is 5.02 Å². The van der Waals surface area contributed by atoms with Gasteiger partial charge in [-0.1, -0.05) is 23.7 Å². The summed E-state index contributed by atoms with van der Waals surface area (Å²) in [5.41, 5.74) is 5.97. The third-order valence-corrected chi connectivity index (χ3v) is 2.73. The van der Waals surface area contributed by atoms with E-state index in [1.54, 1.807) is 12.1 Å². The number of nitrogens with two attached hydrogens (primary N) is 1. The van der Waals surface area contributed by atoms with Gasteiger partial charge >= 0.3 is 0 Å². The largest absolute Gasteiger partial charge is 0.325 e. The number of hydrogen-bond acceptors (Lipinski definition) is 3. The molecule has 1 heterocycles. The molecule has 1 aromatic heterocycles. The van der Waals surface area contributed by atoms with Gasteiger partial charge in [-0.05, 0) is 11.6 Å². The predicted octanol–water partition coefficient (Wildman–Crippen LogP) is 1.61. The molecular formula is C12H11ClFN3O. The first kappa shape index (κ1) is 12.7. The van der Waals surface area contributed by atoms with E-state index in [1.165, 1.54) is 12.1 Å². The average Bonchev–Trinajstić information content (AvgIpc) is 2.34. The van der Waals surface area contributed by atoms with Gasteiger partial charge in [0.05, 0.1) is 10.7 Å². The van der Waals surface area contributed by atoms with Crippen molar-refractivity contribution < 1.29 is 4.39 Å². The summed E-state index contributed by atoms with van der Waals surface area (Å²) >= 11 is 5.68. The van der Waals surface area contributed by atoms with E-state index in [0.717, 1.165) is 0 Å². The van der Waals surface area contributed by atoms with Crippen molar-refractivity contribution in [2.24, 2.45) is 5.73 Å². The van der Waals surface area contributed by atoms with Crippen LogP contribution in [0.4, 0.5) is 4.39 Å². The maximum absolute atomic E-state index is 13.7. The third kappa shape index (κ3) is 2.75. The highest BCUT2D eigenvalue weighted by molar-refractivity contribution is 6.30. The number of hydrogen-bond donors (Lipinski definition) is 2. The molecule has 2 rings (SSSR count). The SMILES string of the molecule is NCc1cc(=O)[nH]c(Cc2cccc(Cl)c2F)n1. The highest BCUT2D eigenvalue weighted by Gasteiger charge is 2.09. The van der Waals surface area contributed by atoms with Gasteiger partial charge < -0.3 is 10.7 Å². The topological polar surface area (TPSA) is 71.8 Å². The average molecular weight is 268 g/mol. The van der Waals surface area contributed by atoms with E-state index in [1.807, 2.05) is 0 Å². The number of benzene rings is 1. The Morgan fingerprint density at radius 3 is 2.94 bits per heavy atom. The number of nitrogens with one attached hydrogen (secondary N) is 1. The number of nitrogens with zero attached hydrogens (tertiary/aromatic N) is 1. The minimum Gasteiger partial charge on any atom is -0.325 e. The molecule has 0 bridgehead atoms. The Hall–Kier alpha value is -1.72. The molecule has 0 aliphatic carbocycles. The first-order chi connectivity index (χ1) is 8.60. The molecular weight excluding hydrogens is 257 g/mol. The number of H-pyrrole nitrogens is 1. The van der Waals surface area contributed by atoms with E-state index >= 15 is 0 Å². The summed E-state index contributed by atoms with van der Waals surface area (Å²) in [7, 11) is 0. The van der Waals surface area contributed by atoms with Gasteiger partial charge in [0.25, 0.3) is 5.56 Å².